The molecule has 4 aromatic rings. The van der Waals surface area contributed by atoms with Crippen molar-refractivity contribution in [2.75, 3.05) is 32.0 Å². The monoisotopic (exact) mass is 573 g/mol. The number of anilines is 2. The molecular weight excluding hydrogens is 553 g/mol. The van der Waals surface area contributed by atoms with Crippen LogP contribution in [0.15, 0.2) is 48.0 Å². The number of esters is 2. The molecule has 39 heavy (non-hydrogen) atoms. The predicted molar refractivity (Wildman–Crippen MR) is 144 cm³/mol. The average molecular weight is 574 g/mol. The number of carbonyl (C=O) groups excluding carboxylic acids is 3. The second-order valence-corrected chi connectivity index (χ2v) is 9.04. The lowest BCUT2D eigenvalue weighted by atomic mass is 10.1. The van der Waals surface area contributed by atoms with E-state index in [-0.39, 0.29) is 39.9 Å². The molecule has 4 rings (SSSR count). The maximum Gasteiger partial charge on any atom is 0.349 e. The zero-order chi connectivity index (χ0) is 28.1. The van der Waals surface area contributed by atoms with Gasteiger partial charge in [0.2, 0.25) is 0 Å². The molecule has 0 fully saturated rings. The minimum absolute atomic E-state index is 0.0170. The van der Waals surface area contributed by atoms with Crippen molar-refractivity contribution in [2.24, 2.45) is 0 Å². The second kappa shape index (κ2) is 12.0. The minimum Gasteiger partial charge on any atom is -0.493 e. The molecule has 0 saturated heterocycles. The van der Waals surface area contributed by atoms with Gasteiger partial charge in [-0.15, -0.1) is 11.3 Å². The van der Waals surface area contributed by atoms with E-state index in [1.807, 2.05) is 24.3 Å². The van der Waals surface area contributed by atoms with Gasteiger partial charge < -0.3 is 29.6 Å². The van der Waals surface area contributed by atoms with E-state index in [0.717, 1.165) is 42.6 Å². The van der Waals surface area contributed by atoms with Crippen LogP contribution in [0.2, 0.25) is 5.15 Å². The fourth-order valence-electron chi connectivity index (χ4n) is 3.71. The van der Waals surface area contributed by atoms with Crippen molar-refractivity contribution in [1.29, 1.82) is 0 Å². The molecule has 0 atom stereocenters. The Bertz CT molecular complexity index is 1570. The number of urea groups is 1. The first-order valence-electron chi connectivity index (χ1n) is 11.2. The summed E-state index contributed by atoms with van der Waals surface area (Å²) in [6.07, 6.45) is 1.60. The third-order valence-electron chi connectivity index (χ3n) is 5.52. The van der Waals surface area contributed by atoms with E-state index < -0.39 is 23.8 Å². The Hall–Kier alpha value is -4.42. The van der Waals surface area contributed by atoms with Gasteiger partial charge in [-0.25, -0.2) is 23.8 Å². The van der Waals surface area contributed by atoms with Crippen LogP contribution in [0, 0.1) is 5.82 Å². The summed E-state index contributed by atoms with van der Waals surface area (Å²) in [6, 6.07) is 8.79. The van der Waals surface area contributed by atoms with Crippen molar-refractivity contribution < 1.29 is 37.7 Å². The molecule has 0 radical (unpaired) electrons. The average Bonchev–Trinajstić information content (AvgIpc) is 3.35. The van der Waals surface area contributed by atoms with Crippen LogP contribution in [0.3, 0.4) is 0 Å². The summed E-state index contributed by atoms with van der Waals surface area (Å²) in [6.45, 7) is 0.0457. The summed E-state index contributed by atoms with van der Waals surface area (Å²) in [5.41, 5.74) is 0.297. The topological polar surface area (TPSA) is 125 Å². The molecule has 0 aliphatic carbocycles. The predicted octanol–water partition coefficient (Wildman–Crippen LogP) is 5.89. The van der Waals surface area contributed by atoms with Crippen LogP contribution in [-0.2, 0) is 16.1 Å². The standard InChI is InChI=1S/C26H21ClFN3O7S/c1-35-18-9-15(28)16(10-19(18)38-11-14-6-4-5-13-7-8-29-23(27)20(13)14)30-26(34)31-17-12-39-22(25(33)37-3)21(17)24(32)36-2/h4-10,12H,11H2,1-3H3,(H2,30,31,34). The van der Waals surface area contributed by atoms with Crippen molar-refractivity contribution >= 4 is 63.1 Å². The Morgan fingerprint density at radius 3 is 2.46 bits per heavy atom. The van der Waals surface area contributed by atoms with Gasteiger partial charge in [0.05, 0.1) is 32.7 Å². The van der Waals surface area contributed by atoms with Crippen LogP contribution in [0.25, 0.3) is 10.8 Å². The molecule has 10 nitrogen and oxygen atoms in total. The number of nitrogens with one attached hydrogen (secondary N) is 2. The molecule has 0 unspecified atom stereocenters. The summed E-state index contributed by atoms with van der Waals surface area (Å²) in [5, 5.41) is 8.05. The van der Waals surface area contributed by atoms with Crippen molar-refractivity contribution in [3.05, 3.63) is 74.9 Å². The van der Waals surface area contributed by atoms with Gasteiger partial charge in [-0.05, 0) is 11.5 Å². The van der Waals surface area contributed by atoms with Gasteiger partial charge in [0, 0.05) is 34.7 Å². The molecule has 0 bridgehead atoms. The third kappa shape index (κ3) is 5.86. The molecule has 0 aliphatic rings. The SMILES string of the molecule is COC(=O)c1scc(NC(=O)Nc2cc(OCc3cccc4ccnc(Cl)c34)c(OC)cc2F)c1C(=O)OC. The number of aromatic nitrogens is 1. The van der Waals surface area contributed by atoms with Crippen LogP contribution in [0.5, 0.6) is 11.5 Å². The lowest BCUT2D eigenvalue weighted by Crippen LogP contribution is -2.22. The largest absolute Gasteiger partial charge is 0.493 e. The maximum absolute atomic E-state index is 14.8. The highest BCUT2D eigenvalue weighted by atomic mass is 35.5. The number of thiophene rings is 1. The fraction of sp³-hybridized carbons (Fsp3) is 0.154. The number of hydrogen-bond donors (Lipinski definition) is 2. The lowest BCUT2D eigenvalue weighted by Gasteiger charge is -2.15. The molecule has 2 amide bonds. The first-order chi connectivity index (χ1) is 18.8. The number of pyridine rings is 1. The molecule has 0 saturated carbocycles. The van der Waals surface area contributed by atoms with Gasteiger partial charge in [-0.2, -0.15) is 0 Å². The summed E-state index contributed by atoms with van der Waals surface area (Å²) in [5.74, 6) is -2.20. The van der Waals surface area contributed by atoms with E-state index in [1.165, 1.54) is 18.6 Å². The number of methoxy groups -OCH3 is 3. The molecule has 2 N–H and O–H groups in total. The number of ether oxygens (including phenoxy) is 4. The number of amides is 2. The van der Waals surface area contributed by atoms with Crippen LogP contribution in [-0.4, -0.2) is 44.3 Å². The van der Waals surface area contributed by atoms with E-state index in [0.29, 0.717) is 10.5 Å². The van der Waals surface area contributed by atoms with Crippen molar-refractivity contribution in [1.82, 2.24) is 4.98 Å². The molecule has 2 heterocycles. The Kier molecular flexibility index (Phi) is 8.47. The molecule has 2 aromatic carbocycles. The first-order valence-corrected chi connectivity index (χ1v) is 12.4. The highest BCUT2D eigenvalue weighted by Crippen LogP contribution is 2.35. The van der Waals surface area contributed by atoms with Crippen LogP contribution in [0.4, 0.5) is 20.6 Å². The van der Waals surface area contributed by atoms with E-state index >= 15 is 0 Å². The number of hydrogen-bond acceptors (Lipinski definition) is 9. The van der Waals surface area contributed by atoms with Gasteiger partial charge in [0.15, 0.2) is 17.3 Å². The Morgan fingerprint density at radius 2 is 1.74 bits per heavy atom. The van der Waals surface area contributed by atoms with Crippen LogP contribution < -0.4 is 20.1 Å². The molecule has 13 heteroatoms. The number of carbonyl (C=O) groups is 3. The van der Waals surface area contributed by atoms with Gasteiger partial charge in [0.25, 0.3) is 0 Å². The lowest BCUT2D eigenvalue weighted by molar-refractivity contribution is 0.0561. The molecule has 202 valence electrons. The van der Waals surface area contributed by atoms with Gasteiger partial charge >= 0.3 is 18.0 Å². The summed E-state index contributed by atoms with van der Waals surface area (Å²) < 4.78 is 35.4. The molecular formula is C26H21ClFN3O7S. The smallest absolute Gasteiger partial charge is 0.349 e. The summed E-state index contributed by atoms with van der Waals surface area (Å²) >= 11 is 7.17. The van der Waals surface area contributed by atoms with Crippen molar-refractivity contribution in [3.63, 3.8) is 0 Å². The first kappa shape index (κ1) is 27.6. The number of rotatable bonds is 8. The van der Waals surface area contributed by atoms with Gasteiger partial charge in [-0.3, -0.25) is 0 Å². The van der Waals surface area contributed by atoms with E-state index in [1.54, 1.807) is 6.20 Å². The molecule has 0 aliphatic heterocycles. The molecule has 0 spiro atoms. The zero-order valence-electron chi connectivity index (χ0n) is 20.8. The highest BCUT2D eigenvalue weighted by molar-refractivity contribution is 7.13. The van der Waals surface area contributed by atoms with E-state index in [9.17, 15) is 18.8 Å². The molecule has 2 aromatic heterocycles. The number of fused-ring (bicyclic) bond motifs is 1. The number of halogens is 2. The van der Waals surface area contributed by atoms with E-state index in [4.69, 9.17) is 25.8 Å². The Morgan fingerprint density at radius 1 is 1.00 bits per heavy atom. The zero-order valence-corrected chi connectivity index (χ0v) is 22.4. The fourth-order valence-corrected chi connectivity index (χ4v) is 4.90. The summed E-state index contributed by atoms with van der Waals surface area (Å²) in [7, 11) is 3.63. The highest BCUT2D eigenvalue weighted by Gasteiger charge is 2.26. The van der Waals surface area contributed by atoms with E-state index in [2.05, 4.69) is 20.4 Å². The Labute approximate surface area is 230 Å². The second-order valence-electron chi connectivity index (χ2n) is 7.80. The van der Waals surface area contributed by atoms with Crippen LogP contribution in [0.1, 0.15) is 25.6 Å². The number of nitrogens with zero attached hydrogens (tertiary/aromatic N) is 1. The maximum atomic E-state index is 14.8. The quantitative estimate of drug-likeness (QED) is 0.197. The third-order valence-corrected chi connectivity index (χ3v) is 6.76. The van der Waals surface area contributed by atoms with Gasteiger partial charge in [-0.1, -0.05) is 29.8 Å². The summed E-state index contributed by atoms with van der Waals surface area (Å²) in [4.78, 5) is 41.0. The van der Waals surface area contributed by atoms with Crippen molar-refractivity contribution in [2.45, 2.75) is 6.61 Å². The van der Waals surface area contributed by atoms with Crippen LogP contribution >= 0.6 is 22.9 Å². The normalized spacial score (nSPS) is 10.6. The van der Waals surface area contributed by atoms with Gasteiger partial charge in [0.1, 0.15) is 22.2 Å². The number of benzene rings is 2. The minimum atomic E-state index is -0.892. The Balaban J connectivity index is 1.56. The van der Waals surface area contributed by atoms with Crippen molar-refractivity contribution in [3.8, 4) is 11.5 Å².